The van der Waals surface area contributed by atoms with Crippen LogP contribution < -0.4 is 10.1 Å². The number of methoxy groups -OCH3 is 1. The number of ether oxygens (including phenoxy) is 1. The van der Waals surface area contributed by atoms with Crippen molar-refractivity contribution < 1.29 is 19.4 Å². The Hall–Kier alpha value is -3.35. The van der Waals surface area contributed by atoms with E-state index >= 15 is 0 Å². The summed E-state index contributed by atoms with van der Waals surface area (Å²) in [4.78, 5) is 28.4. The molecule has 0 bridgehead atoms. The highest BCUT2D eigenvalue weighted by Gasteiger charge is 2.30. The predicted molar refractivity (Wildman–Crippen MR) is 133 cm³/mol. The van der Waals surface area contributed by atoms with Gasteiger partial charge in [-0.05, 0) is 41.0 Å². The fraction of sp³-hybridized carbons (Fsp3) is 0.259. The molecule has 0 aromatic heterocycles. The summed E-state index contributed by atoms with van der Waals surface area (Å²) < 4.78 is 5.24. The summed E-state index contributed by atoms with van der Waals surface area (Å²) in [6.07, 6.45) is 0.479. The van der Waals surface area contributed by atoms with E-state index in [4.69, 9.17) is 16.3 Å². The first-order valence-corrected chi connectivity index (χ1v) is 11.5. The van der Waals surface area contributed by atoms with Crippen molar-refractivity contribution in [1.82, 2.24) is 10.2 Å². The molecule has 0 radical (unpaired) electrons. The van der Waals surface area contributed by atoms with Crippen LogP contribution in [0.25, 0.3) is 0 Å². The second-order valence-electron chi connectivity index (χ2n) is 7.89. The molecule has 0 aliphatic carbocycles. The van der Waals surface area contributed by atoms with E-state index in [1.165, 1.54) is 0 Å². The van der Waals surface area contributed by atoms with Gasteiger partial charge in [0.2, 0.25) is 11.8 Å². The molecule has 0 aliphatic heterocycles. The molecular formula is C27H29ClN2O4. The van der Waals surface area contributed by atoms with Gasteiger partial charge in [-0.25, -0.2) is 0 Å². The summed E-state index contributed by atoms with van der Waals surface area (Å²) in [6, 6.07) is 23.4. The Bertz CT molecular complexity index is 1060. The van der Waals surface area contributed by atoms with Crippen LogP contribution in [0.2, 0.25) is 5.02 Å². The van der Waals surface area contributed by atoms with Crippen molar-refractivity contribution in [2.24, 2.45) is 0 Å². The lowest BCUT2D eigenvalue weighted by Gasteiger charge is -2.31. The second kappa shape index (κ2) is 12.8. The molecule has 0 unspecified atom stereocenters. The van der Waals surface area contributed by atoms with E-state index in [1.54, 1.807) is 24.1 Å². The van der Waals surface area contributed by atoms with Gasteiger partial charge in [-0.1, -0.05) is 66.2 Å². The third kappa shape index (κ3) is 7.33. The number of aliphatic hydroxyl groups excluding tert-OH is 1. The first kappa shape index (κ1) is 25.3. The summed E-state index contributed by atoms with van der Waals surface area (Å²) in [5, 5.41) is 12.6. The van der Waals surface area contributed by atoms with Crippen LogP contribution in [0.3, 0.4) is 0 Å². The zero-order chi connectivity index (χ0) is 24.3. The van der Waals surface area contributed by atoms with Gasteiger partial charge in [0.1, 0.15) is 11.8 Å². The third-order valence-electron chi connectivity index (χ3n) is 5.46. The lowest BCUT2D eigenvalue weighted by atomic mass is 10.0. The van der Waals surface area contributed by atoms with Crippen LogP contribution in [-0.4, -0.2) is 48.1 Å². The van der Waals surface area contributed by atoms with E-state index in [9.17, 15) is 14.7 Å². The Kier molecular flexibility index (Phi) is 9.50. The lowest BCUT2D eigenvalue weighted by molar-refractivity contribution is -0.140. The highest BCUT2D eigenvalue weighted by molar-refractivity contribution is 6.30. The topological polar surface area (TPSA) is 78.9 Å². The van der Waals surface area contributed by atoms with Gasteiger partial charge in [-0.15, -0.1) is 0 Å². The van der Waals surface area contributed by atoms with E-state index in [2.05, 4.69) is 5.32 Å². The molecule has 0 saturated heterocycles. The van der Waals surface area contributed by atoms with Crippen molar-refractivity contribution in [3.05, 3.63) is 101 Å². The van der Waals surface area contributed by atoms with Crippen molar-refractivity contribution in [3.8, 4) is 5.75 Å². The molecule has 6 nitrogen and oxygen atoms in total. The molecule has 0 fully saturated rings. The fourth-order valence-electron chi connectivity index (χ4n) is 3.66. The Labute approximate surface area is 205 Å². The highest BCUT2D eigenvalue weighted by atomic mass is 35.5. The van der Waals surface area contributed by atoms with Crippen LogP contribution in [-0.2, 0) is 29.0 Å². The average Bonchev–Trinajstić information content (AvgIpc) is 2.87. The molecule has 3 rings (SSSR count). The minimum absolute atomic E-state index is 0.117. The first-order chi connectivity index (χ1) is 16.5. The Morgan fingerprint density at radius 1 is 0.941 bits per heavy atom. The number of amides is 2. The van der Waals surface area contributed by atoms with E-state index in [0.29, 0.717) is 17.2 Å². The fourth-order valence-corrected chi connectivity index (χ4v) is 3.78. The minimum Gasteiger partial charge on any atom is -0.497 e. The Morgan fingerprint density at radius 2 is 1.59 bits per heavy atom. The van der Waals surface area contributed by atoms with Crippen molar-refractivity contribution in [2.45, 2.75) is 25.4 Å². The number of hydrogen-bond donors (Lipinski definition) is 2. The second-order valence-corrected chi connectivity index (χ2v) is 8.33. The third-order valence-corrected chi connectivity index (χ3v) is 5.71. The normalized spacial score (nSPS) is 11.5. The van der Waals surface area contributed by atoms with Crippen molar-refractivity contribution in [2.75, 3.05) is 20.3 Å². The largest absolute Gasteiger partial charge is 0.497 e. The molecule has 34 heavy (non-hydrogen) atoms. The molecule has 3 aromatic rings. The zero-order valence-electron chi connectivity index (χ0n) is 19.1. The first-order valence-electron chi connectivity index (χ1n) is 11.1. The van der Waals surface area contributed by atoms with E-state index in [0.717, 1.165) is 16.7 Å². The number of rotatable bonds is 11. The van der Waals surface area contributed by atoms with Crippen molar-refractivity contribution in [1.29, 1.82) is 0 Å². The number of nitrogens with zero attached hydrogens (tertiary/aromatic N) is 1. The molecule has 1 atom stereocenters. The van der Waals surface area contributed by atoms with Crippen molar-refractivity contribution >= 4 is 23.4 Å². The van der Waals surface area contributed by atoms with Gasteiger partial charge >= 0.3 is 0 Å². The maximum Gasteiger partial charge on any atom is 0.243 e. The van der Waals surface area contributed by atoms with Gasteiger partial charge in [0.05, 0.1) is 20.1 Å². The van der Waals surface area contributed by atoms with Gasteiger partial charge in [-0.3, -0.25) is 9.59 Å². The minimum atomic E-state index is -0.754. The van der Waals surface area contributed by atoms with E-state index < -0.39 is 6.04 Å². The molecule has 0 spiro atoms. The van der Waals surface area contributed by atoms with Crippen LogP contribution in [0, 0.1) is 0 Å². The van der Waals surface area contributed by atoms with Gasteiger partial charge in [0, 0.05) is 24.5 Å². The quantitative estimate of drug-likeness (QED) is 0.439. The molecule has 2 amide bonds. The molecule has 7 heteroatoms. The molecule has 0 aliphatic rings. The number of aliphatic hydroxyl groups is 1. The van der Waals surface area contributed by atoms with Crippen LogP contribution >= 0.6 is 11.6 Å². The molecule has 178 valence electrons. The van der Waals surface area contributed by atoms with Crippen LogP contribution in [0.15, 0.2) is 78.9 Å². The monoisotopic (exact) mass is 480 g/mol. The number of carbonyl (C=O) groups excluding carboxylic acids is 2. The van der Waals surface area contributed by atoms with Gasteiger partial charge in [0.15, 0.2) is 0 Å². The summed E-state index contributed by atoms with van der Waals surface area (Å²) in [5.74, 6) is 0.221. The Morgan fingerprint density at radius 3 is 2.21 bits per heavy atom. The lowest BCUT2D eigenvalue weighted by Crippen LogP contribution is -2.51. The SMILES string of the molecule is COc1ccc(CN(C(=O)Cc2ccc(Cl)cc2)[C@@H](Cc2ccccc2)C(=O)NCCO)cc1. The van der Waals surface area contributed by atoms with Crippen LogP contribution in [0.4, 0.5) is 0 Å². The number of halogens is 1. The molecule has 2 N–H and O–H groups in total. The standard InChI is InChI=1S/C27H29ClN2O4/c1-34-24-13-9-22(10-14-24)19-30(26(32)18-21-7-11-23(28)12-8-21)25(27(33)29-15-16-31)17-20-5-3-2-4-6-20/h2-14,25,31H,15-19H2,1H3,(H,29,33)/t25-/m0/s1. The molecule has 3 aromatic carbocycles. The van der Waals surface area contributed by atoms with Crippen molar-refractivity contribution in [3.63, 3.8) is 0 Å². The number of hydrogen-bond acceptors (Lipinski definition) is 4. The van der Waals surface area contributed by atoms with Crippen LogP contribution in [0.5, 0.6) is 5.75 Å². The zero-order valence-corrected chi connectivity index (χ0v) is 19.9. The number of benzene rings is 3. The summed E-state index contributed by atoms with van der Waals surface area (Å²) in [7, 11) is 1.60. The number of nitrogens with one attached hydrogen (secondary N) is 1. The van der Waals surface area contributed by atoms with Gasteiger partial charge in [0.25, 0.3) is 0 Å². The van der Waals surface area contributed by atoms with Gasteiger partial charge < -0.3 is 20.1 Å². The van der Waals surface area contributed by atoms with E-state index in [1.807, 2.05) is 66.7 Å². The Balaban J connectivity index is 1.93. The maximum absolute atomic E-state index is 13.6. The molecular weight excluding hydrogens is 452 g/mol. The average molecular weight is 481 g/mol. The maximum atomic E-state index is 13.6. The summed E-state index contributed by atoms with van der Waals surface area (Å²) >= 11 is 5.99. The van der Waals surface area contributed by atoms with Crippen LogP contribution in [0.1, 0.15) is 16.7 Å². The molecule has 0 heterocycles. The highest BCUT2D eigenvalue weighted by Crippen LogP contribution is 2.19. The molecule has 0 saturated carbocycles. The number of carbonyl (C=O) groups is 2. The summed E-state index contributed by atoms with van der Waals surface area (Å²) in [6.45, 7) is 0.188. The van der Waals surface area contributed by atoms with Gasteiger partial charge in [-0.2, -0.15) is 0 Å². The summed E-state index contributed by atoms with van der Waals surface area (Å²) in [5.41, 5.74) is 2.62. The smallest absolute Gasteiger partial charge is 0.243 e. The predicted octanol–water partition coefficient (Wildman–Crippen LogP) is 3.64. The van der Waals surface area contributed by atoms with E-state index in [-0.39, 0.29) is 37.9 Å².